The van der Waals surface area contributed by atoms with Gasteiger partial charge in [0.05, 0.1) is 19.6 Å². The molecule has 0 atom stereocenters. The molecule has 0 fully saturated rings. The maximum Gasteiger partial charge on any atom is 0.123 e. The summed E-state index contributed by atoms with van der Waals surface area (Å²) in [6.07, 6.45) is 1.97. The van der Waals surface area contributed by atoms with E-state index < -0.39 is 5.41 Å². The molecule has 2 nitrogen and oxygen atoms in total. The fourth-order valence-corrected chi connectivity index (χ4v) is 3.44. The van der Waals surface area contributed by atoms with Crippen molar-refractivity contribution in [2.45, 2.75) is 5.41 Å². The molecule has 0 aliphatic rings. The molecule has 0 aliphatic heterocycles. The van der Waals surface area contributed by atoms with E-state index in [1.54, 1.807) is 14.2 Å². The van der Waals surface area contributed by atoms with Crippen LogP contribution >= 0.6 is 0 Å². The minimum Gasteiger partial charge on any atom is -0.496 e. The van der Waals surface area contributed by atoms with Gasteiger partial charge in [-0.25, -0.2) is 0 Å². The largest absolute Gasteiger partial charge is 0.496 e. The van der Waals surface area contributed by atoms with Crippen LogP contribution in [-0.4, -0.2) is 14.2 Å². The van der Waals surface area contributed by atoms with Crippen molar-refractivity contribution in [2.24, 2.45) is 0 Å². The van der Waals surface area contributed by atoms with Crippen LogP contribution in [0.2, 0.25) is 0 Å². The number of hydrogen-bond donors (Lipinski definition) is 0. The first-order chi connectivity index (χ1) is 12.3. The average Bonchev–Trinajstić information content (AvgIpc) is 2.70. The molecule has 0 amide bonds. The van der Waals surface area contributed by atoms with E-state index in [2.05, 4.69) is 30.8 Å². The highest BCUT2D eigenvalue weighted by Crippen LogP contribution is 2.47. The van der Waals surface area contributed by atoms with Gasteiger partial charge in [-0.15, -0.1) is 6.58 Å². The Morgan fingerprint density at radius 1 is 0.680 bits per heavy atom. The highest BCUT2D eigenvalue weighted by atomic mass is 16.5. The molecule has 0 aliphatic carbocycles. The first kappa shape index (κ1) is 16.8. The average molecular weight is 330 g/mol. The monoisotopic (exact) mass is 330 g/mol. The molecule has 25 heavy (non-hydrogen) atoms. The summed E-state index contributed by atoms with van der Waals surface area (Å²) < 4.78 is 11.4. The lowest BCUT2D eigenvalue weighted by Gasteiger charge is -2.34. The van der Waals surface area contributed by atoms with Gasteiger partial charge in [0.1, 0.15) is 11.5 Å². The second-order valence-corrected chi connectivity index (χ2v) is 5.78. The molecule has 3 rings (SSSR count). The summed E-state index contributed by atoms with van der Waals surface area (Å²) in [5.74, 6) is 1.63. The van der Waals surface area contributed by atoms with Gasteiger partial charge in [-0.3, -0.25) is 0 Å². The molecule has 0 saturated carbocycles. The summed E-state index contributed by atoms with van der Waals surface area (Å²) in [5, 5.41) is 0. The maximum atomic E-state index is 5.68. The Labute approximate surface area is 149 Å². The third kappa shape index (κ3) is 2.80. The molecule has 0 unspecified atom stereocenters. The van der Waals surface area contributed by atoms with E-state index in [1.165, 1.54) is 0 Å². The fraction of sp³-hybridized carbons (Fsp3) is 0.130. The van der Waals surface area contributed by atoms with Gasteiger partial charge in [-0.05, 0) is 17.7 Å². The van der Waals surface area contributed by atoms with E-state index >= 15 is 0 Å². The minimum absolute atomic E-state index is 0.583. The Kier molecular flexibility index (Phi) is 4.90. The van der Waals surface area contributed by atoms with Gasteiger partial charge in [0.15, 0.2) is 0 Å². The fourth-order valence-electron chi connectivity index (χ4n) is 3.44. The first-order valence-corrected chi connectivity index (χ1v) is 8.24. The van der Waals surface area contributed by atoms with Gasteiger partial charge >= 0.3 is 0 Å². The van der Waals surface area contributed by atoms with Crippen molar-refractivity contribution < 1.29 is 9.47 Å². The highest BCUT2D eigenvalue weighted by Gasteiger charge is 2.37. The van der Waals surface area contributed by atoms with Crippen LogP contribution in [0.4, 0.5) is 0 Å². The maximum absolute atomic E-state index is 5.68. The zero-order valence-electron chi connectivity index (χ0n) is 14.6. The van der Waals surface area contributed by atoms with Gasteiger partial charge < -0.3 is 9.47 Å². The summed E-state index contributed by atoms with van der Waals surface area (Å²) in [5.41, 5.74) is 2.59. The van der Waals surface area contributed by atoms with E-state index in [4.69, 9.17) is 9.47 Å². The molecule has 2 heteroatoms. The van der Waals surface area contributed by atoms with Gasteiger partial charge in [-0.1, -0.05) is 72.8 Å². The van der Waals surface area contributed by atoms with E-state index in [0.29, 0.717) is 0 Å². The lowest BCUT2D eigenvalue weighted by molar-refractivity contribution is 0.396. The number of para-hydroxylation sites is 2. The molecule has 0 saturated heterocycles. The smallest absolute Gasteiger partial charge is 0.123 e. The lowest BCUT2D eigenvalue weighted by Crippen LogP contribution is -2.28. The zero-order valence-corrected chi connectivity index (χ0v) is 14.6. The molecular weight excluding hydrogens is 308 g/mol. The van der Waals surface area contributed by atoms with Crippen LogP contribution in [0.3, 0.4) is 0 Å². The van der Waals surface area contributed by atoms with E-state index in [9.17, 15) is 0 Å². The zero-order chi connectivity index (χ0) is 17.7. The predicted octanol–water partition coefficient (Wildman–Crippen LogP) is 5.22. The van der Waals surface area contributed by atoms with Crippen molar-refractivity contribution in [1.82, 2.24) is 0 Å². The quantitative estimate of drug-likeness (QED) is 0.455. The van der Waals surface area contributed by atoms with Crippen molar-refractivity contribution in [3.8, 4) is 11.5 Å². The first-order valence-electron chi connectivity index (χ1n) is 8.24. The van der Waals surface area contributed by atoms with Gasteiger partial charge in [0.25, 0.3) is 0 Å². The Balaban J connectivity index is 2.42. The third-order valence-electron chi connectivity index (χ3n) is 4.60. The molecule has 0 N–H and O–H groups in total. The molecule has 0 bridgehead atoms. The topological polar surface area (TPSA) is 18.5 Å². The normalized spacial score (nSPS) is 11.0. The number of allylic oxidation sites excluding steroid dienone is 1. The summed E-state index contributed by atoms with van der Waals surface area (Å²) in [6, 6.07) is 26.4. The number of ether oxygens (including phenoxy) is 2. The highest BCUT2D eigenvalue weighted by molar-refractivity contribution is 5.62. The minimum atomic E-state index is -0.583. The Morgan fingerprint density at radius 2 is 1.12 bits per heavy atom. The van der Waals surface area contributed by atoms with Crippen molar-refractivity contribution in [1.29, 1.82) is 0 Å². The van der Waals surface area contributed by atoms with Crippen molar-refractivity contribution in [3.05, 3.63) is 108 Å². The van der Waals surface area contributed by atoms with Crippen LogP contribution in [-0.2, 0) is 5.41 Å². The Bertz CT molecular complexity index is 805. The van der Waals surface area contributed by atoms with Crippen molar-refractivity contribution in [3.63, 3.8) is 0 Å². The van der Waals surface area contributed by atoms with Crippen LogP contribution in [0.15, 0.2) is 91.5 Å². The van der Waals surface area contributed by atoms with Crippen LogP contribution in [0.5, 0.6) is 11.5 Å². The van der Waals surface area contributed by atoms with E-state index in [0.717, 1.165) is 28.2 Å². The molecule has 0 aromatic heterocycles. The number of methoxy groups -OCH3 is 2. The second kappa shape index (κ2) is 7.27. The predicted molar refractivity (Wildman–Crippen MR) is 103 cm³/mol. The Morgan fingerprint density at radius 3 is 1.56 bits per heavy atom. The van der Waals surface area contributed by atoms with Crippen LogP contribution < -0.4 is 9.47 Å². The Hall–Kier alpha value is -3.00. The summed E-state index contributed by atoms with van der Waals surface area (Å²) in [7, 11) is 3.39. The van der Waals surface area contributed by atoms with Crippen LogP contribution in [0.25, 0.3) is 0 Å². The van der Waals surface area contributed by atoms with Crippen LogP contribution in [0.1, 0.15) is 16.7 Å². The standard InChI is InChI=1S/C23H22O2/c1-4-23(18-12-6-5-7-13-18,19-14-8-10-16-21(19)24-2)20-15-9-11-17-22(20)25-3/h4-17H,1H2,2-3H3. The van der Waals surface area contributed by atoms with Gasteiger partial charge in [0.2, 0.25) is 0 Å². The van der Waals surface area contributed by atoms with Crippen molar-refractivity contribution >= 4 is 0 Å². The summed E-state index contributed by atoms with van der Waals surface area (Å²) in [4.78, 5) is 0. The second-order valence-electron chi connectivity index (χ2n) is 5.78. The molecule has 0 spiro atoms. The van der Waals surface area contributed by atoms with Gasteiger partial charge in [0, 0.05) is 11.1 Å². The van der Waals surface area contributed by atoms with Crippen LogP contribution in [0, 0.1) is 0 Å². The SMILES string of the molecule is C=CC(c1ccccc1)(c1ccccc1OC)c1ccccc1OC. The number of rotatable bonds is 6. The van der Waals surface area contributed by atoms with E-state index in [-0.39, 0.29) is 0 Å². The molecule has 126 valence electrons. The van der Waals surface area contributed by atoms with Crippen molar-refractivity contribution in [2.75, 3.05) is 14.2 Å². The molecule has 3 aromatic carbocycles. The molecule has 3 aromatic rings. The lowest BCUT2D eigenvalue weighted by atomic mass is 9.69. The third-order valence-corrected chi connectivity index (χ3v) is 4.60. The number of benzene rings is 3. The summed E-state index contributed by atoms with van der Waals surface area (Å²) in [6.45, 7) is 4.20. The van der Waals surface area contributed by atoms with E-state index in [1.807, 2.05) is 60.7 Å². The molecular formula is C23H22O2. The number of hydrogen-bond acceptors (Lipinski definition) is 2. The molecule has 0 heterocycles. The van der Waals surface area contributed by atoms with Gasteiger partial charge in [-0.2, -0.15) is 0 Å². The summed E-state index contributed by atoms with van der Waals surface area (Å²) >= 11 is 0. The molecule has 0 radical (unpaired) electrons.